The Bertz CT molecular complexity index is 255. The molecule has 1 saturated carbocycles. The Morgan fingerprint density at radius 1 is 1.54 bits per heavy atom. The molecule has 0 bridgehead atoms. The zero-order valence-electron chi connectivity index (χ0n) is 7.65. The fraction of sp³-hybridized carbons (Fsp3) is 0.667. The second-order valence-electron chi connectivity index (χ2n) is 3.50. The van der Waals surface area contributed by atoms with Gasteiger partial charge in [-0.3, -0.25) is 0 Å². The molecule has 2 rings (SSSR count). The molecule has 0 aromatic carbocycles. The highest BCUT2D eigenvalue weighted by atomic mass is 35.5. The lowest BCUT2D eigenvalue weighted by molar-refractivity contribution is 0.274. The molecule has 0 spiro atoms. The molecule has 0 unspecified atom stereocenters. The first kappa shape index (κ1) is 10.5. The third-order valence-electron chi connectivity index (χ3n) is 2.66. The Kier molecular flexibility index (Phi) is 3.75. The number of rotatable bonds is 3. The highest BCUT2D eigenvalue weighted by Gasteiger charge is 2.18. The SMILES string of the molecule is Cl.NCc1nccn1CC1CCC1. The van der Waals surface area contributed by atoms with Crippen molar-refractivity contribution in [1.82, 2.24) is 9.55 Å². The van der Waals surface area contributed by atoms with Gasteiger partial charge in [0.05, 0.1) is 6.54 Å². The molecule has 1 aromatic heterocycles. The van der Waals surface area contributed by atoms with E-state index >= 15 is 0 Å². The van der Waals surface area contributed by atoms with Crippen LogP contribution in [-0.2, 0) is 13.1 Å². The van der Waals surface area contributed by atoms with Crippen molar-refractivity contribution in [3.8, 4) is 0 Å². The average Bonchev–Trinajstić information content (AvgIpc) is 2.43. The largest absolute Gasteiger partial charge is 0.334 e. The molecule has 0 atom stereocenters. The van der Waals surface area contributed by atoms with E-state index in [0.29, 0.717) is 6.54 Å². The molecule has 0 saturated heterocycles. The predicted octanol–water partition coefficient (Wildman–Crippen LogP) is 1.56. The van der Waals surface area contributed by atoms with Crippen LogP contribution >= 0.6 is 12.4 Å². The van der Waals surface area contributed by atoms with E-state index in [1.165, 1.54) is 19.3 Å². The standard InChI is InChI=1S/C9H15N3.ClH/c10-6-9-11-4-5-12(9)7-8-2-1-3-8;/h4-5,8H,1-3,6-7,10H2;1H. The molecule has 0 radical (unpaired) electrons. The van der Waals surface area contributed by atoms with Crippen LogP contribution in [0.4, 0.5) is 0 Å². The minimum atomic E-state index is 0. The molecule has 1 aliphatic rings. The molecule has 4 heteroatoms. The summed E-state index contributed by atoms with van der Waals surface area (Å²) in [5, 5.41) is 0. The minimum absolute atomic E-state index is 0. The number of hydrogen-bond donors (Lipinski definition) is 1. The van der Waals surface area contributed by atoms with Crippen molar-refractivity contribution >= 4 is 12.4 Å². The second-order valence-corrected chi connectivity index (χ2v) is 3.50. The third-order valence-corrected chi connectivity index (χ3v) is 2.66. The Morgan fingerprint density at radius 3 is 2.85 bits per heavy atom. The first-order chi connectivity index (χ1) is 5.90. The number of hydrogen-bond acceptors (Lipinski definition) is 2. The van der Waals surface area contributed by atoms with E-state index < -0.39 is 0 Å². The van der Waals surface area contributed by atoms with Crippen molar-refractivity contribution in [2.24, 2.45) is 11.7 Å². The van der Waals surface area contributed by atoms with Gasteiger partial charge in [-0.15, -0.1) is 12.4 Å². The quantitative estimate of drug-likeness (QED) is 0.807. The van der Waals surface area contributed by atoms with E-state index in [0.717, 1.165) is 18.3 Å². The fourth-order valence-corrected chi connectivity index (χ4v) is 1.65. The molecule has 3 nitrogen and oxygen atoms in total. The number of nitrogens with zero attached hydrogens (tertiary/aromatic N) is 2. The van der Waals surface area contributed by atoms with Crippen molar-refractivity contribution in [2.75, 3.05) is 0 Å². The molecule has 13 heavy (non-hydrogen) atoms. The van der Waals surface area contributed by atoms with Gasteiger partial charge >= 0.3 is 0 Å². The van der Waals surface area contributed by atoms with Crippen LogP contribution in [0.1, 0.15) is 25.1 Å². The summed E-state index contributed by atoms with van der Waals surface area (Å²) in [6, 6.07) is 0. The van der Waals surface area contributed by atoms with Gasteiger partial charge in [0, 0.05) is 18.9 Å². The van der Waals surface area contributed by atoms with Crippen LogP contribution in [0.25, 0.3) is 0 Å². The van der Waals surface area contributed by atoms with Gasteiger partial charge in [-0.1, -0.05) is 6.42 Å². The van der Waals surface area contributed by atoms with Crippen molar-refractivity contribution in [1.29, 1.82) is 0 Å². The normalized spacial score (nSPS) is 16.4. The van der Waals surface area contributed by atoms with E-state index in [2.05, 4.69) is 9.55 Å². The van der Waals surface area contributed by atoms with Gasteiger partial charge in [0.25, 0.3) is 0 Å². The maximum atomic E-state index is 5.55. The monoisotopic (exact) mass is 201 g/mol. The van der Waals surface area contributed by atoms with Gasteiger partial charge < -0.3 is 10.3 Å². The van der Waals surface area contributed by atoms with Crippen LogP contribution < -0.4 is 5.73 Å². The zero-order valence-corrected chi connectivity index (χ0v) is 8.46. The highest BCUT2D eigenvalue weighted by molar-refractivity contribution is 5.85. The van der Waals surface area contributed by atoms with Crippen molar-refractivity contribution in [3.63, 3.8) is 0 Å². The lowest BCUT2D eigenvalue weighted by atomic mass is 9.85. The van der Waals surface area contributed by atoms with Gasteiger partial charge in [-0.05, 0) is 18.8 Å². The van der Waals surface area contributed by atoms with Crippen molar-refractivity contribution < 1.29 is 0 Å². The van der Waals surface area contributed by atoms with Gasteiger partial charge in [-0.2, -0.15) is 0 Å². The summed E-state index contributed by atoms with van der Waals surface area (Å²) >= 11 is 0. The molecule has 1 fully saturated rings. The summed E-state index contributed by atoms with van der Waals surface area (Å²) in [4.78, 5) is 4.18. The van der Waals surface area contributed by atoms with Gasteiger partial charge in [0.2, 0.25) is 0 Å². The van der Waals surface area contributed by atoms with Crippen LogP contribution in [-0.4, -0.2) is 9.55 Å². The molecule has 0 amide bonds. The smallest absolute Gasteiger partial charge is 0.122 e. The lowest BCUT2D eigenvalue weighted by Gasteiger charge is -2.26. The molecule has 2 N–H and O–H groups in total. The van der Waals surface area contributed by atoms with Crippen molar-refractivity contribution in [2.45, 2.75) is 32.4 Å². The van der Waals surface area contributed by atoms with E-state index in [1.807, 2.05) is 12.4 Å². The van der Waals surface area contributed by atoms with Gasteiger partial charge in [0.1, 0.15) is 5.82 Å². The van der Waals surface area contributed by atoms with Gasteiger partial charge in [-0.25, -0.2) is 4.98 Å². The number of nitrogens with two attached hydrogens (primary N) is 1. The molecule has 74 valence electrons. The molecule has 1 heterocycles. The summed E-state index contributed by atoms with van der Waals surface area (Å²) < 4.78 is 2.18. The maximum Gasteiger partial charge on any atom is 0.122 e. The maximum absolute atomic E-state index is 5.55. The molecular weight excluding hydrogens is 186 g/mol. The molecule has 1 aromatic rings. The lowest BCUT2D eigenvalue weighted by Crippen LogP contribution is -2.19. The van der Waals surface area contributed by atoms with Crippen LogP contribution in [0, 0.1) is 5.92 Å². The molecular formula is C9H16ClN3. The average molecular weight is 202 g/mol. The number of imidazole rings is 1. The summed E-state index contributed by atoms with van der Waals surface area (Å²) in [7, 11) is 0. The van der Waals surface area contributed by atoms with Crippen LogP contribution in [0.3, 0.4) is 0 Å². The highest BCUT2D eigenvalue weighted by Crippen LogP contribution is 2.27. The zero-order chi connectivity index (χ0) is 8.39. The summed E-state index contributed by atoms with van der Waals surface area (Å²) in [5.41, 5.74) is 5.55. The number of aromatic nitrogens is 2. The second kappa shape index (κ2) is 4.63. The Hall–Kier alpha value is -0.540. The van der Waals surface area contributed by atoms with E-state index in [9.17, 15) is 0 Å². The first-order valence-corrected chi connectivity index (χ1v) is 4.60. The molecule has 0 aliphatic heterocycles. The Labute approximate surface area is 84.7 Å². The van der Waals surface area contributed by atoms with Gasteiger partial charge in [0.15, 0.2) is 0 Å². The van der Waals surface area contributed by atoms with E-state index in [-0.39, 0.29) is 12.4 Å². The predicted molar refractivity (Wildman–Crippen MR) is 54.7 cm³/mol. The van der Waals surface area contributed by atoms with Crippen LogP contribution in [0.15, 0.2) is 12.4 Å². The topological polar surface area (TPSA) is 43.8 Å². The Morgan fingerprint density at radius 2 is 2.31 bits per heavy atom. The third kappa shape index (κ3) is 2.23. The summed E-state index contributed by atoms with van der Waals surface area (Å²) in [5.74, 6) is 1.89. The minimum Gasteiger partial charge on any atom is -0.334 e. The number of halogens is 1. The van der Waals surface area contributed by atoms with E-state index in [1.54, 1.807) is 0 Å². The summed E-state index contributed by atoms with van der Waals surface area (Å²) in [6.07, 6.45) is 8.02. The fourth-order valence-electron chi connectivity index (χ4n) is 1.65. The molecule has 1 aliphatic carbocycles. The van der Waals surface area contributed by atoms with Crippen LogP contribution in [0.5, 0.6) is 0 Å². The van der Waals surface area contributed by atoms with Crippen molar-refractivity contribution in [3.05, 3.63) is 18.2 Å². The summed E-state index contributed by atoms with van der Waals surface area (Å²) in [6.45, 7) is 1.67. The van der Waals surface area contributed by atoms with Crippen LogP contribution in [0.2, 0.25) is 0 Å². The van der Waals surface area contributed by atoms with E-state index in [4.69, 9.17) is 5.73 Å². The first-order valence-electron chi connectivity index (χ1n) is 4.60. The Balaban J connectivity index is 0.000000845.